The van der Waals surface area contributed by atoms with Crippen molar-refractivity contribution in [3.63, 3.8) is 0 Å². The van der Waals surface area contributed by atoms with Gasteiger partial charge in [-0.15, -0.1) is 0 Å². The lowest BCUT2D eigenvalue weighted by Crippen LogP contribution is -2.37. The molecule has 0 saturated carbocycles. The van der Waals surface area contributed by atoms with E-state index in [1.807, 2.05) is 18.2 Å². The van der Waals surface area contributed by atoms with Gasteiger partial charge in [0, 0.05) is 26.2 Å². The van der Waals surface area contributed by atoms with Gasteiger partial charge in [0.25, 0.3) is 0 Å². The standard InChI is InChI=1S/C11H14N2O.CH4/c1-13(2)11(14)10-7-8-5-3-4-6-9(8)12-10;/h3-6,10,12H,7H2,1-2H3;1H4/t10-;/m0./s1. The monoisotopic (exact) mass is 206 g/mol. The number of likely N-dealkylation sites (N-methyl/N-ethyl adjacent to an activating group) is 1. The third-order valence-electron chi connectivity index (χ3n) is 2.51. The van der Waals surface area contributed by atoms with Gasteiger partial charge in [0.2, 0.25) is 5.91 Å². The summed E-state index contributed by atoms with van der Waals surface area (Å²) in [6, 6.07) is 7.98. The first-order valence-corrected chi connectivity index (χ1v) is 4.74. The minimum Gasteiger partial charge on any atom is -0.373 e. The molecular weight excluding hydrogens is 188 g/mol. The maximum absolute atomic E-state index is 11.7. The average Bonchev–Trinajstić information content (AvgIpc) is 2.59. The molecule has 0 spiro atoms. The number of hydrogen-bond donors (Lipinski definition) is 1. The van der Waals surface area contributed by atoms with Crippen LogP contribution in [0.4, 0.5) is 5.69 Å². The maximum Gasteiger partial charge on any atom is 0.244 e. The number of carbonyl (C=O) groups is 1. The highest BCUT2D eigenvalue weighted by Crippen LogP contribution is 2.25. The molecule has 0 bridgehead atoms. The summed E-state index contributed by atoms with van der Waals surface area (Å²) in [5.74, 6) is 0.140. The molecule has 2 rings (SSSR count). The predicted molar refractivity (Wildman–Crippen MR) is 63.0 cm³/mol. The van der Waals surface area contributed by atoms with Crippen molar-refractivity contribution in [3.8, 4) is 0 Å². The maximum atomic E-state index is 11.7. The zero-order chi connectivity index (χ0) is 10.1. The van der Waals surface area contributed by atoms with E-state index in [0.717, 1.165) is 12.1 Å². The molecule has 1 aromatic carbocycles. The first-order valence-electron chi connectivity index (χ1n) is 4.74. The zero-order valence-corrected chi connectivity index (χ0v) is 8.45. The Kier molecular flexibility index (Phi) is 3.35. The largest absolute Gasteiger partial charge is 0.373 e. The molecular formula is C12H18N2O. The second-order valence-corrected chi connectivity index (χ2v) is 3.79. The van der Waals surface area contributed by atoms with Crippen molar-refractivity contribution in [2.75, 3.05) is 19.4 Å². The fourth-order valence-electron chi connectivity index (χ4n) is 1.76. The second kappa shape index (κ2) is 4.34. The van der Waals surface area contributed by atoms with E-state index in [-0.39, 0.29) is 19.4 Å². The van der Waals surface area contributed by atoms with Gasteiger partial charge in [0.05, 0.1) is 0 Å². The number of nitrogens with one attached hydrogen (secondary N) is 1. The molecule has 1 aliphatic heterocycles. The molecule has 1 amide bonds. The molecule has 1 atom stereocenters. The van der Waals surface area contributed by atoms with Gasteiger partial charge in [-0.1, -0.05) is 25.6 Å². The number of para-hydroxylation sites is 1. The minimum atomic E-state index is -0.0811. The molecule has 0 radical (unpaired) electrons. The van der Waals surface area contributed by atoms with Crippen molar-refractivity contribution < 1.29 is 4.79 Å². The molecule has 3 heteroatoms. The number of carbonyl (C=O) groups excluding carboxylic acids is 1. The molecule has 15 heavy (non-hydrogen) atoms. The van der Waals surface area contributed by atoms with Gasteiger partial charge in [-0.25, -0.2) is 0 Å². The normalized spacial score (nSPS) is 17.3. The molecule has 0 aliphatic carbocycles. The lowest BCUT2D eigenvalue weighted by atomic mass is 10.1. The highest BCUT2D eigenvalue weighted by atomic mass is 16.2. The molecule has 0 aromatic heterocycles. The number of nitrogens with zero attached hydrogens (tertiary/aromatic N) is 1. The Morgan fingerprint density at radius 2 is 2.07 bits per heavy atom. The van der Waals surface area contributed by atoms with E-state index in [1.165, 1.54) is 5.56 Å². The van der Waals surface area contributed by atoms with Crippen LogP contribution in [0, 0.1) is 0 Å². The van der Waals surface area contributed by atoms with E-state index >= 15 is 0 Å². The average molecular weight is 206 g/mol. The summed E-state index contributed by atoms with van der Waals surface area (Å²) < 4.78 is 0. The zero-order valence-electron chi connectivity index (χ0n) is 8.45. The quantitative estimate of drug-likeness (QED) is 0.759. The Bertz CT molecular complexity index is 335. The highest BCUT2D eigenvalue weighted by Gasteiger charge is 2.26. The molecule has 0 unspecified atom stereocenters. The third kappa shape index (κ3) is 2.12. The van der Waals surface area contributed by atoms with E-state index in [2.05, 4.69) is 11.4 Å². The van der Waals surface area contributed by atoms with Gasteiger partial charge in [0.15, 0.2) is 0 Å². The number of benzene rings is 1. The summed E-state index contributed by atoms with van der Waals surface area (Å²) >= 11 is 0. The second-order valence-electron chi connectivity index (χ2n) is 3.79. The van der Waals surface area contributed by atoms with Crippen molar-refractivity contribution in [2.24, 2.45) is 0 Å². The summed E-state index contributed by atoms with van der Waals surface area (Å²) in [6.45, 7) is 0. The minimum absolute atomic E-state index is 0. The molecule has 1 aromatic rings. The first-order chi connectivity index (χ1) is 6.68. The molecule has 1 aliphatic rings. The predicted octanol–water partition coefficient (Wildman–Crippen LogP) is 1.75. The highest BCUT2D eigenvalue weighted by molar-refractivity contribution is 5.87. The summed E-state index contributed by atoms with van der Waals surface area (Å²) in [4.78, 5) is 13.3. The van der Waals surface area contributed by atoms with Gasteiger partial charge in [0.1, 0.15) is 6.04 Å². The van der Waals surface area contributed by atoms with Gasteiger partial charge in [-0.3, -0.25) is 4.79 Å². The lowest BCUT2D eigenvalue weighted by Gasteiger charge is -2.16. The molecule has 1 N–H and O–H groups in total. The molecule has 3 nitrogen and oxygen atoms in total. The van der Waals surface area contributed by atoms with E-state index in [4.69, 9.17) is 0 Å². The lowest BCUT2D eigenvalue weighted by molar-refractivity contribution is -0.129. The fourth-order valence-corrected chi connectivity index (χ4v) is 1.76. The van der Waals surface area contributed by atoms with Crippen LogP contribution in [-0.2, 0) is 11.2 Å². The number of fused-ring (bicyclic) bond motifs is 1. The summed E-state index contributed by atoms with van der Waals surface area (Å²) in [5.41, 5.74) is 2.32. The van der Waals surface area contributed by atoms with Crippen LogP contribution in [0.15, 0.2) is 24.3 Å². The van der Waals surface area contributed by atoms with Crippen LogP contribution in [0.25, 0.3) is 0 Å². The van der Waals surface area contributed by atoms with Gasteiger partial charge in [-0.2, -0.15) is 0 Å². The Morgan fingerprint density at radius 3 is 2.67 bits per heavy atom. The molecule has 1 heterocycles. The van der Waals surface area contributed by atoms with Crippen LogP contribution in [0.3, 0.4) is 0 Å². The third-order valence-corrected chi connectivity index (χ3v) is 2.51. The fraction of sp³-hybridized carbons (Fsp3) is 0.417. The van der Waals surface area contributed by atoms with Crippen molar-refractivity contribution in [3.05, 3.63) is 29.8 Å². The van der Waals surface area contributed by atoms with E-state index < -0.39 is 0 Å². The van der Waals surface area contributed by atoms with E-state index in [9.17, 15) is 4.79 Å². The van der Waals surface area contributed by atoms with Crippen molar-refractivity contribution in [2.45, 2.75) is 19.9 Å². The Balaban J connectivity index is 0.00000112. The Morgan fingerprint density at radius 1 is 1.40 bits per heavy atom. The Hall–Kier alpha value is -1.51. The van der Waals surface area contributed by atoms with Crippen molar-refractivity contribution in [1.82, 2.24) is 4.90 Å². The topological polar surface area (TPSA) is 32.3 Å². The van der Waals surface area contributed by atoms with Crippen LogP contribution in [0.1, 0.15) is 13.0 Å². The Labute approximate surface area is 91.1 Å². The summed E-state index contributed by atoms with van der Waals surface area (Å²) in [6.07, 6.45) is 0.799. The van der Waals surface area contributed by atoms with Gasteiger partial charge in [-0.05, 0) is 11.6 Å². The van der Waals surface area contributed by atoms with Crippen LogP contribution < -0.4 is 5.32 Å². The summed E-state index contributed by atoms with van der Waals surface area (Å²) in [7, 11) is 3.57. The van der Waals surface area contributed by atoms with E-state index in [1.54, 1.807) is 19.0 Å². The number of anilines is 1. The van der Waals surface area contributed by atoms with Gasteiger partial charge >= 0.3 is 0 Å². The molecule has 82 valence electrons. The SMILES string of the molecule is C.CN(C)C(=O)[C@@H]1Cc2ccccc2N1. The van der Waals surface area contributed by atoms with Crippen LogP contribution in [0.2, 0.25) is 0 Å². The van der Waals surface area contributed by atoms with Gasteiger partial charge < -0.3 is 10.2 Å². The number of rotatable bonds is 1. The van der Waals surface area contributed by atoms with E-state index in [0.29, 0.717) is 0 Å². The van der Waals surface area contributed by atoms with Crippen molar-refractivity contribution >= 4 is 11.6 Å². The number of hydrogen-bond acceptors (Lipinski definition) is 2. The summed E-state index contributed by atoms with van der Waals surface area (Å²) in [5, 5.41) is 3.22. The van der Waals surface area contributed by atoms with Crippen LogP contribution >= 0.6 is 0 Å². The molecule has 0 saturated heterocycles. The molecule has 0 fully saturated rings. The number of amides is 1. The van der Waals surface area contributed by atoms with Crippen molar-refractivity contribution in [1.29, 1.82) is 0 Å². The first kappa shape index (κ1) is 11.6. The van der Waals surface area contributed by atoms with Crippen LogP contribution in [0.5, 0.6) is 0 Å². The smallest absolute Gasteiger partial charge is 0.244 e. The van der Waals surface area contributed by atoms with Crippen LogP contribution in [-0.4, -0.2) is 30.9 Å².